The van der Waals surface area contributed by atoms with E-state index in [4.69, 9.17) is 9.47 Å². The molecule has 6 nitrogen and oxygen atoms in total. The molecule has 3 aliphatic rings. The van der Waals surface area contributed by atoms with Crippen LogP contribution in [0.3, 0.4) is 0 Å². The number of ketones is 1. The number of fused-ring (bicyclic) bond motifs is 1. The molecule has 2 fully saturated rings. The van der Waals surface area contributed by atoms with Crippen LogP contribution in [0.15, 0.2) is 60.7 Å². The molecule has 1 N–H and O–H groups in total. The van der Waals surface area contributed by atoms with Crippen LogP contribution in [0, 0.1) is 6.92 Å². The smallest absolute Gasteiger partial charge is 0.253 e. The number of piperidine rings is 1. The highest BCUT2D eigenvalue weighted by Gasteiger charge is 2.50. The lowest BCUT2D eigenvalue weighted by atomic mass is 9.87. The van der Waals surface area contributed by atoms with Gasteiger partial charge < -0.3 is 19.5 Å². The van der Waals surface area contributed by atoms with Gasteiger partial charge in [0, 0.05) is 26.5 Å². The molecular formula is C31H33NO5. The van der Waals surface area contributed by atoms with Crippen LogP contribution in [0.4, 0.5) is 0 Å². The van der Waals surface area contributed by atoms with Crippen LogP contribution in [0.2, 0.25) is 0 Å². The fraction of sp³-hybridized carbons (Fsp3) is 0.355. The number of carbonyl (C=O) groups excluding carboxylic acids is 2. The molecule has 1 saturated heterocycles. The van der Waals surface area contributed by atoms with Crippen molar-refractivity contribution in [2.45, 2.75) is 50.5 Å². The first kappa shape index (κ1) is 23.7. The lowest BCUT2D eigenvalue weighted by Crippen LogP contribution is -2.40. The second-order valence-electron chi connectivity index (χ2n) is 10.5. The number of ether oxygens (including phenoxy) is 2. The van der Waals surface area contributed by atoms with Gasteiger partial charge in [-0.25, -0.2) is 0 Å². The van der Waals surface area contributed by atoms with Gasteiger partial charge in [-0.05, 0) is 84.7 Å². The summed E-state index contributed by atoms with van der Waals surface area (Å²) in [7, 11) is 0. The highest BCUT2D eigenvalue weighted by atomic mass is 16.7. The highest BCUT2D eigenvalue weighted by molar-refractivity contribution is 5.96. The summed E-state index contributed by atoms with van der Waals surface area (Å²) in [6, 6.07) is 19.8. The van der Waals surface area contributed by atoms with E-state index in [0.717, 1.165) is 46.4 Å². The van der Waals surface area contributed by atoms with E-state index >= 15 is 0 Å². The first-order valence-electron chi connectivity index (χ1n) is 13.0. The van der Waals surface area contributed by atoms with Crippen LogP contribution in [0.1, 0.15) is 54.2 Å². The third-order valence-corrected chi connectivity index (χ3v) is 8.07. The SMILES string of the molecule is Cc1ccc(CC(=O)C2(c3ccc4c(c3)OCO4)CC2)cc1-c1ccc(C(=O)N2CCC(O)CC2)cc1.[HH]. The van der Waals surface area contributed by atoms with Crippen LogP contribution >= 0.6 is 0 Å². The van der Waals surface area contributed by atoms with E-state index in [1.807, 2.05) is 53.4 Å². The molecule has 1 aliphatic carbocycles. The zero-order valence-electron chi connectivity index (χ0n) is 21.0. The van der Waals surface area contributed by atoms with Crippen molar-refractivity contribution in [2.24, 2.45) is 0 Å². The second-order valence-corrected chi connectivity index (χ2v) is 10.5. The van der Waals surface area contributed by atoms with Gasteiger partial charge in [0.15, 0.2) is 11.5 Å². The third kappa shape index (κ3) is 4.51. The number of amides is 1. The van der Waals surface area contributed by atoms with Gasteiger partial charge in [-0.15, -0.1) is 0 Å². The molecule has 0 bridgehead atoms. The zero-order valence-corrected chi connectivity index (χ0v) is 21.0. The van der Waals surface area contributed by atoms with Gasteiger partial charge in [-0.1, -0.05) is 36.4 Å². The van der Waals surface area contributed by atoms with Crippen LogP contribution in [-0.4, -0.2) is 47.7 Å². The molecule has 2 aliphatic heterocycles. The Morgan fingerprint density at radius 1 is 0.973 bits per heavy atom. The fourth-order valence-electron chi connectivity index (χ4n) is 5.54. The van der Waals surface area contributed by atoms with E-state index in [1.165, 1.54) is 0 Å². The number of Topliss-reactive ketones (excluding diaryl/α,β-unsaturated/α-hetero) is 1. The molecule has 6 heteroatoms. The summed E-state index contributed by atoms with van der Waals surface area (Å²) in [6.07, 6.45) is 3.04. The Labute approximate surface area is 218 Å². The normalized spacial score (nSPS) is 18.1. The molecule has 1 amide bonds. The molecule has 0 spiro atoms. The molecule has 3 aromatic carbocycles. The first-order chi connectivity index (χ1) is 17.9. The number of aryl methyl sites for hydroxylation is 1. The maximum absolute atomic E-state index is 13.5. The Balaban J connectivity index is 0.00000294. The lowest BCUT2D eigenvalue weighted by Gasteiger charge is -2.29. The predicted molar refractivity (Wildman–Crippen MR) is 142 cm³/mol. The topological polar surface area (TPSA) is 76.1 Å². The highest BCUT2D eigenvalue weighted by Crippen LogP contribution is 2.51. The zero-order chi connectivity index (χ0) is 25.6. The second kappa shape index (κ2) is 9.34. The summed E-state index contributed by atoms with van der Waals surface area (Å²) < 4.78 is 11.0. The van der Waals surface area contributed by atoms with E-state index in [0.29, 0.717) is 43.7 Å². The first-order valence-corrected chi connectivity index (χ1v) is 13.0. The van der Waals surface area contributed by atoms with Crippen molar-refractivity contribution < 1.29 is 25.6 Å². The van der Waals surface area contributed by atoms with Crippen LogP contribution in [0.25, 0.3) is 11.1 Å². The lowest BCUT2D eigenvalue weighted by molar-refractivity contribution is -0.120. The Hall–Kier alpha value is -3.64. The van der Waals surface area contributed by atoms with E-state index in [2.05, 4.69) is 19.1 Å². The molecule has 1 saturated carbocycles. The molecule has 6 rings (SSSR count). The van der Waals surface area contributed by atoms with E-state index in [-0.39, 0.29) is 26.0 Å². The van der Waals surface area contributed by atoms with Gasteiger partial charge in [-0.3, -0.25) is 9.59 Å². The van der Waals surface area contributed by atoms with Crippen molar-refractivity contribution >= 4 is 11.7 Å². The molecule has 0 atom stereocenters. The summed E-state index contributed by atoms with van der Waals surface area (Å²) in [4.78, 5) is 28.2. The minimum absolute atomic E-state index is 0. The summed E-state index contributed by atoms with van der Waals surface area (Å²) in [5.41, 5.74) is 5.44. The van der Waals surface area contributed by atoms with Crippen LogP contribution in [0.5, 0.6) is 11.5 Å². The molecule has 0 unspecified atom stereocenters. The monoisotopic (exact) mass is 499 g/mol. The minimum atomic E-state index is -0.432. The number of likely N-dealkylation sites (tertiary alicyclic amines) is 1. The Morgan fingerprint density at radius 3 is 2.43 bits per heavy atom. The van der Waals surface area contributed by atoms with E-state index in [9.17, 15) is 14.7 Å². The number of carbonyl (C=O) groups is 2. The number of hydrogen-bond donors (Lipinski definition) is 1. The molecule has 0 radical (unpaired) electrons. The van der Waals surface area contributed by atoms with Crippen LogP contribution < -0.4 is 9.47 Å². The van der Waals surface area contributed by atoms with Gasteiger partial charge in [-0.2, -0.15) is 0 Å². The van der Waals surface area contributed by atoms with Gasteiger partial charge in [0.25, 0.3) is 5.91 Å². The number of nitrogens with zero attached hydrogens (tertiary/aromatic N) is 1. The summed E-state index contributed by atoms with van der Waals surface area (Å²) >= 11 is 0. The van der Waals surface area contributed by atoms with Gasteiger partial charge in [0.05, 0.1) is 11.5 Å². The molecule has 37 heavy (non-hydrogen) atoms. The standard InChI is InChI=1S/C31H31NO5.H2/c1-20-2-3-21(17-29(34)31(12-13-31)24-8-9-27-28(18-24)37-19-36-27)16-26(20)22-4-6-23(7-5-22)30(35)32-14-10-25(33)11-15-32;/h2-9,16,18,25,33H,10-15,17,19H2,1H3;1H. The number of aliphatic hydroxyl groups excluding tert-OH is 1. The van der Waals surface area contributed by atoms with Gasteiger partial charge in [0.2, 0.25) is 6.79 Å². The minimum Gasteiger partial charge on any atom is -0.454 e. The fourth-order valence-corrected chi connectivity index (χ4v) is 5.54. The summed E-state index contributed by atoms with van der Waals surface area (Å²) in [6.45, 7) is 3.47. The molecule has 192 valence electrons. The van der Waals surface area contributed by atoms with Crippen molar-refractivity contribution in [3.8, 4) is 22.6 Å². The molecular weight excluding hydrogens is 466 g/mol. The number of hydrogen-bond acceptors (Lipinski definition) is 5. The van der Waals surface area contributed by atoms with Crippen molar-refractivity contribution in [1.82, 2.24) is 4.90 Å². The maximum Gasteiger partial charge on any atom is 0.253 e. The molecule has 0 aromatic heterocycles. The predicted octanol–water partition coefficient (Wildman–Crippen LogP) is 5.08. The Bertz CT molecular complexity index is 1360. The Morgan fingerprint density at radius 2 is 1.70 bits per heavy atom. The van der Waals surface area contributed by atoms with Gasteiger partial charge >= 0.3 is 0 Å². The average molecular weight is 500 g/mol. The Kier molecular flexibility index (Phi) is 6.00. The maximum atomic E-state index is 13.5. The molecule has 3 aromatic rings. The molecule has 2 heterocycles. The number of benzene rings is 3. The van der Waals surface area contributed by atoms with E-state index in [1.54, 1.807) is 0 Å². The number of rotatable bonds is 6. The van der Waals surface area contributed by atoms with Gasteiger partial charge in [0.1, 0.15) is 5.78 Å². The van der Waals surface area contributed by atoms with Crippen molar-refractivity contribution in [1.29, 1.82) is 0 Å². The average Bonchev–Trinajstić information content (AvgIpc) is 3.60. The van der Waals surface area contributed by atoms with Crippen molar-refractivity contribution in [3.05, 3.63) is 82.9 Å². The van der Waals surface area contributed by atoms with Crippen LogP contribution in [-0.2, 0) is 16.6 Å². The quantitative estimate of drug-likeness (QED) is 0.512. The summed E-state index contributed by atoms with van der Waals surface area (Å²) in [5, 5.41) is 9.72. The van der Waals surface area contributed by atoms with Crippen molar-refractivity contribution in [2.75, 3.05) is 19.9 Å². The van der Waals surface area contributed by atoms with Crippen molar-refractivity contribution in [3.63, 3.8) is 0 Å². The largest absolute Gasteiger partial charge is 0.454 e. The third-order valence-electron chi connectivity index (χ3n) is 8.07. The number of aliphatic hydroxyl groups is 1. The van der Waals surface area contributed by atoms with E-state index < -0.39 is 5.41 Å². The summed E-state index contributed by atoms with van der Waals surface area (Å²) in [5.74, 6) is 1.69.